The number of fused-ring (bicyclic) bond motifs is 1. The molecule has 0 aliphatic rings. The van der Waals surface area contributed by atoms with Crippen molar-refractivity contribution in [2.45, 2.75) is 6.42 Å². The average molecular weight is 317 g/mol. The Labute approximate surface area is 131 Å². The number of benzene rings is 1. The van der Waals surface area contributed by atoms with Gasteiger partial charge in [0.1, 0.15) is 5.65 Å². The predicted octanol–water partition coefficient (Wildman–Crippen LogP) is 3.06. The van der Waals surface area contributed by atoms with Gasteiger partial charge in [-0.25, -0.2) is 4.98 Å². The number of rotatable bonds is 4. The van der Waals surface area contributed by atoms with Gasteiger partial charge in [-0.05, 0) is 30.8 Å². The fourth-order valence-electron chi connectivity index (χ4n) is 2.42. The van der Waals surface area contributed by atoms with E-state index in [1.165, 1.54) is 12.1 Å². The first-order valence-electron chi connectivity index (χ1n) is 6.71. The minimum absolute atomic E-state index is 0.0518. The lowest BCUT2D eigenvalue weighted by molar-refractivity contribution is -0.384. The largest absolute Gasteiger partial charge is 0.330 e. The summed E-state index contributed by atoms with van der Waals surface area (Å²) in [6.07, 6.45) is 2.43. The van der Waals surface area contributed by atoms with Crippen molar-refractivity contribution in [1.82, 2.24) is 9.38 Å². The summed E-state index contributed by atoms with van der Waals surface area (Å²) >= 11 is 6.05. The van der Waals surface area contributed by atoms with Crippen LogP contribution in [-0.4, -0.2) is 20.9 Å². The number of halogens is 1. The van der Waals surface area contributed by atoms with Gasteiger partial charge >= 0.3 is 0 Å². The van der Waals surface area contributed by atoms with Gasteiger partial charge in [-0.15, -0.1) is 0 Å². The molecule has 112 valence electrons. The second-order valence-electron chi connectivity index (χ2n) is 4.83. The molecule has 0 aliphatic heterocycles. The van der Waals surface area contributed by atoms with Crippen molar-refractivity contribution in [2.24, 2.45) is 5.73 Å². The maximum Gasteiger partial charge on any atom is 0.269 e. The fourth-order valence-corrected chi connectivity index (χ4v) is 2.58. The second-order valence-corrected chi connectivity index (χ2v) is 5.26. The molecular weight excluding hydrogens is 304 g/mol. The topological polar surface area (TPSA) is 86.5 Å². The fraction of sp³-hybridized carbons (Fsp3) is 0.133. The van der Waals surface area contributed by atoms with Crippen molar-refractivity contribution < 1.29 is 4.92 Å². The van der Waals surface area contributed by atoms with E-state index in [4.69, 9.17) is 17.3 Å². The molecule has 0 unspecified atom stereocenters. The minimum Gasteiger partial charge on any atom is -0.330 e. The molecule has 0 aliphatic carbocycles. The van der Waals surface area contributed by atoms with Gasteiger partial charge in [0.05, 0.1) is 21.3 Å². The Morgan fingerprint density at radius 1 is 1.23 bits per heavy atom. The summed E-state index contributed by atoms with van der Waals surface area (Å²) in [6.45, 7) is 0.473. The van der Waals surface area contributed by atoms with Crippen LogP contribution in [-0.2, 0) is 6.42 Å². The lowest BCUT2D eigenvalue weighted by Crippen LogP contribution is -2.06. The molecule has 0 fully saturated rings. The van der Waals surface area contributed by atoms with E-state index in [9.17, 15) is 10.1 Å². The molecule has 0 atom stereocenters. The number of nitro benzene ring substituents is 1. The van der Waals surface area contributed by atoms with Crippen molar-refractivity contribution >= 4 is 22.9 Å². The molecule has 3 rings (SSSR count). The van der Waals surface area contributed by atoms with Crippen LogP contribution in [0, 0.1) is 10.1 Å². The van der Waals surface area contributed by atoms with Gasteiger partial charge in [0.15, 0.2) is 0 Å². The standard InChI is InChI=1S/C15H13ClN4O2/c16-11-3-6-14-18-15(13(7-8-17)19(14)9-11)10-1-4-12(5-2-10)20(21)22/h1-6,9H,7-8,17H2. The summed E-state index contributed by atoms with van der Waals surface area (Å²) in [5.41, 5.74) is 9.03. The third-order valence-corrected chi connectivity index (χ3v) is 3.64. The first-order chi connectivity index (χ1) is 10.6. The van der Waals surface area contributed by atoms with Gasteiger partial charge in [-0.1, -0.05) is 11.6 Å². The molecule has 2 aromatic heterocycles. The van der Waals surface area contributed by atoms with Crippen LogP contribution in [0.3, 0.4) is 0 Å². The Hall–Kier alpha value is -2.44. The Kier molecular flexibility index (Phi) is 3.79. The molecule has 3 aromatic rings. The Bertz CT molecular complexity index is 843. The summed E-state index contributed by atoms with van der Waals surface area (Å²) in [5.74, 6) is 0. The molecule has 7 heteroatoms. The third-order valence-electron chi connectivity index (χ3n) is 3.41. The van der Waals surface area contributed by atoms with E-state index < -0.39 is 4.92 Å². The zero-order valence-electron chi connectivity index (χ0n) is 11.6. The molecule has 0 amide bonds. The summed E-state index contributed by atoms with van der Waals surface area (Å²) < 4.78 is 1.91. The van der Waals surface area contributed by atoms with Crippen molar-refractivity contribution in [1.29, 1.82) is 0 Å². The van der Waals surface area contributed by atoms with Crippen molar-refractivity contribution in [3.8, 4) is 11.3 Å². The van der Waals surface area contributed by atoms with E-state index >= 15 is 0 Å². The smallest absolute Gasteiger partial charge is 0.269 e. The van der Waals surface area contributed by atoms with E-state index in [0.29, 0.717) is 18.0 Å². The minimum atomic E-state index is -0.423. The number of hydrogen-bond acceptors (Lipinski definition) is 4. The maximum absolute atomic E-state index is 10.8. The highest BCUT2D eigenvalue weighted by molar-refractivity contribution is 6.30. The number of aromatic nitrogens is 2. The van der Waals surface area contributed by atoms with E-state index in [0.717, 1.165) is 22.6 Å². The van der Waals surface area contributed by atoms with Gasteiger partial charge < -0.3 is 10.1 Å². The number of non-ortho nitro benzene ring substituents is 1. The molecule has 2 heterocycles. The Balaban J connectivity index is 2.16. The second kappa shape index (κ2) is 5.75. The van der Waals surface area contributed by atoms with Crippen LogP contribution in [0.4, 0.5) is 5.69 Å². The summed E-state index contributed by atoms with van der Waals surface area (Å²) in [7, 11) is 0. The first kappa shape index (κ1) is 14.5. The highest BCUT2D eigenvalue weighted by Crippen LogP contribution is 2.27. The zero-order valence-corrected chi connectivity index (χ0v) is 12.3. The van der Waals surface area contributed by atoms with Crippen LogP contribution < -0.4 is 5.73 Å². The van der Waals surface area contributed by atoms with E-state index in [2.05, 4.69) is 4.98 Å². The number of nitrogens with two attached hydrogens (primary N) is 1. The van der Waals surface area contributed by atoms with Gasteiger partial charge in [0, 0.05) is 30.3 Å². The van der Waals surface area contributed by atoms with Crippen LogP contribution in [0.15, 0.2) is 42.6 Å². The van der Waals surface area contributed by atoms with Crippen molar-refractivity contribution in [3.63, 3.8) is 0 Å². The van der Waals surface area contributed by atoms with Gasteiger partial charge in [0.2, 0.25) is 0 Å². The molecule has 2 N–H and O–H groups in total. The molecule has 0 spiro atoms. The lowest BCUT2D eigenvalue weighted by Gasteiger charge is -2.04. The number of nitrogens with zero attached hydrogens (tertiary/aromatic N) is 3. The number of imidazole rings is 1. The molecule has 0 saturated heterocycles. The van der Waals surface area contributed by atoms with E-state index in [1.54, 1.807) is 24.4 Å². The van der Waals surface area contributed by atoms with Crippen molar-refractivity contribution in [3.05, 3.63) is 63.4 Å². The molecule has 1 aromatic carbocycles. The highest BCUT2D eigenvalue weighted by atomic mass is 35.5. The molecule has 22 heavy (non-hydrogen) atoms. The normalized spacial score (nSPS) is 11.0. The molecule has 0 radical (unpaired) electrons. The zero-order chi connectivity index (χ0) is 15.7. The molecule has 0 bridgehead atoms. The first-order valence-corrected chi connectivity index (χ1v) is 7.09. The predicted molar refractivity (Wildman–Crippen MR) is 85.1 cm³/mol. The Morgan fingerprint density at radius 3 is 2.59 bits per heavy atom. The summed E-state index contributed by atoms with van der Waals surface area (Å²) in [5, 5.41) is 11.4. The third kappa shape index (κ3) is 2.54. The maximum atomic E-state index is 10.8. The molecular formula is C15H13ClN4O2. The SMILES string of the molecule is NCCc1c(-c2ccc([N+](=O)[O-])cc2)nc2ccc(Cl)cn12. The number of pyridine rings is 1. The quantitative estimate of drug-likeness (QED) is 0.592. The Morgan fingerprint density at radius 2 is 1.95 bits per heavy atom. The van der Waals surface area contributed by atoms with Gasteiger partial charge in [-0.3, -0.25) is 10.1 Å². The summed E-state index contributed by atoms with van der Waals surface area (Å²) in [4.78, 5) is 14.9. The molecule has 0 saturated carbocycles. The van der Waals surface area contributed by atoms with Crippen molar-refractivity contribution in [2.75, 3.05) is 6.54 Å². The highest BCUT2D eigenvalue weighted by Gasteiger charge is 2.15. The number of hydrogen-bond donors (Lipinski definition) is 1. The average Bonchev–Trinajstić information content (AvgIpc) is 2.86. The summed E-state index contributed by atoms with van der Waals surface area (Å²) in [6, 6.07) is 9.94. The van der Waals surface area contributed by atoms with E-state index in [1.807, 2.05) is 10.5 Å². The van der Waals surface area contributed by atoms with Gasteiger partial charge in [-0.2, -0.15) is 0 Å². The number of nitro groups is 1. The van der Waals surface area contributed by atoms with E-state index in [-0.39, 0.29) is 5.69 Å². The van der Waals surface area contributed by atoms with Crippen LogP contribution >= 0.6 is 11.6 Å². The monoisotopic (exact) mass is 316 g/mol. The van der Waals surface area contributed by atoms with Crippen LogP contribution in [0.2, 0.25) is 5.02 Å². The van der Waals surface area contributed by atoms with Gasteiger partial charge in [0.25, 0.3) is 5.69 Å². The van der Waals surface area contributed by atoms with Crippen LogP contribution in [0.25, 0.3) is 16.9 Å². The van der Waals surface area contributed by atoms with Crippen LogP contribution in [0.1, 0.15) is 5.69 Å². The van der Waals surface area contributed by atoms with Crippen LogP contribution in [0.5, 0.6) is 0 Å². The molecule has 6 nitrogen and oxygen atoms in total. The lowest BCUT2D eigenvalue weighted by atomic mass is 10.1.